The summed E-state index contributed by atoms with van der Waals surface area (Å²) in [4.78, 5) is 23.8. The van der Waals surface area contributed by atoms with Gasteiger partial charge in [-0.05, 0) is 68.7 Å². The number of hydrogen-bond donors (Lipinski definition) is 2. The number of carbonyl (C=O) groups is 2. The standard InChI is InChI=1S/C22H26N4O2/c1-6-9-26-15(3)11-18(16(26)4)12-19(13-23)22(28)25-20-7-8-21(14(2)10-20)24-17(5)27/h7-8,10-12H,6,9H2,1-5H3,(H,24,27)(H,25,28)/b19-12+. The van der Waals surface area contributed by atoms with Gasteiger partial charge >= 0.3 is 0 Å². The van der Waals surface area contributed by atoms with E-state index in [1.165, 1.54) is 6.92 Å². The molecule has 0 radical (unpaired) electrons. The Bertz CT molecular complexity index is 977. The fraction of sp³-hybridized carbons (Fsp3) is 0.318. The van der Waals surface area contributed by atoms with Crippen molar-refractivity contribution >= 4 is 29.3 Å². The molecule has 2 aromatic rings. The smallest absolute Gasteiger partial charge is 0.266 e. The van der Waals surface area contributed by atoms with Crippen molar-refractivity contribution in [1.82, 2.24) is 4.57 Å². The van der Waals surface area contributed by atoms with Crippen LogP contribution in [0, 0.1) is 32.1 Å². The number of nitrogens with zero attached hydrogens (tertiary/aromatic N) is 2. The number of benzene rings is 1. The maximum absolute atomic E-state index is 12.6. The zero-order valence-electron chi connectivity index (χ0n) is 17.0. The van der Waals surface area contributed by atoms with Gasteiger partial charge in [-0.15, -0.1) is 0 Å². The van der Waals surface area contributed by atoms with Gasteiger partial charge in [0.2, 0.25) is 5.91 Å². The average Bonchev–Trinajstić information content (AvgIpc) is 2.89. The molecule has 2 amide bonds. The van der Waals surface area contributed by atoms with Crippen molar-refractivity contribution in [2.45, 2.75) is 47.6 Å². The maximum atomic E-state index is 12.6. The molecule has 28 heavy (non-hydrogen) atoms. The average molecular weight is 378 g/mol. The number of carbonyl (C=O) groups excluding carboxylic acids is 2. The van der Waals surface area contributed by atoms with Crippen LogP contribution in [0.3, 0.4) is 0 Å². The molecule has 1 aromatic carbocycles. The van der Waals surface area contributed by atoms with E-state index in [0.29, 0.717) is 11.4 Å². The minimum atomic E-state index is -0.463. The normalized spacial score (nSPS) is 11.1. The minimum absolute atomic E-state index is 0.0420. The largest absolute Gasteiger partial charge is 0.349 e. The van der Waals surface area contributed by atoms with E-state index in [1.54, 1.807) is 24.3 Å². The SMILES string of the molecule is CCCn1c(C)cc(/C=C(\C#N)C(=O)Nc2ccc(NC(C)=O)c(C)c2)c1C. The number of nitrogens with one attached hydrogen (secondary N) is 2. The number of amides is 2. The molecular formula is C22H26N4O2. The topological polar surface area (TPSA) is 86.9 Å². The molecule has 0 spiro atoms. The number of aromatic nitrogens is 1. The summed E-state index contributed by atoms with van der Waals surface area (Å²) in [5.41, 5.74) is 5.12. The quantitative estimate of drug-likeness (QED) is 0.579. The number of aryl methyl sites for hydroxylation is 2. The van der Waals surface area contributed by atoms with E-state index in [1.807, 2.05) is 32.9 Å². The number of nitriles is 1. The van der Waals surface area contributed by atoms with Crippen LogP contribution < -0.4 is 10.6 Å². The molecule has 146 valence electrons. The molecule has 0 aliphatic carbocycles. The molecule has 2 N–H and O–H groups in total. The Kier molecular flexibility index (Phi) is 6.78. The van der Waals surface area contributed by atoms with Crippen LogP contribution in [0.5, 0.6) is 0 Å². The summed E-state index contributed by atoms with van der Waals surface area (Å²) in [5.74, 6) is -0.621. The van der Waals surface area contributed by atoms with Crippen LogP contribution in [-0.2, 0) is 16.1 Å². The van der Waals surface area contributed by atoms with Crippen molar-refractivity contribution in [3.8, 4) is 6.07 Å². The Morgan fingerprint density at radius 1 is 1.18 bits per heavy atom. The van der Waals surface area contributed by atoms with E-state index in [4.69, 9.17) is 0 Å². The van der Waals surface area contributed by atoms with Gasteiger partial charge in [-0.3, -0.25) is 9.59 Å². The zero-order chi connectivity index (χ0) is 20.8. The zero-order valence-corrected chi connectivity index (χ0v) is 17.0. The molecule has 0 atom stereocenters. The van der Waals surface area contributed by atoms with Crippen molar-refractivity contribution in [3.63, 3.8) is 0 Å². The lowest BCUT2D eigenvalue weighted by Gasteiger charge is -2.10. The highest BCUT2D eigenvalue weighted by Crippen LogP contribution is 2.22. The van der Waals surface area contributed by atoms with Crippen molar-refractivity contribution < 1.29 is 9.59 Å². The molecule has 0 saturated heterocycles. The Morgan fingerprint density at radius 3 is 2.46 bits per heavy atom. The molecule has 1 heterocycles. The molecule has 1 aromatic heterocycles. The van der Waals surface area contributed by atoms with Gasteiger partial charge in [-0.2, -0.15) is 5.26 Å². The van der Waals surface area contributed by atoms with Gasteiger partial charge in [0.25, 0.3) is 5.91 Å². The summed E-state index contributed by atoms with van der Waals surface area (Å²) in [6.45, 7) is 10.3. The van der Waals surface area contributed by atoms with Crippen LogP contribution >= 0.6 is 0 Å². The maximum Gasteiger partial charge on any atom is 0.266 e. The molecule has 0 aliphatic rings. The number of anilines is 2. The first kappa shape index (κ1) is 21.0. The second-order valence-electron chi connectivity index (χ2n) is 6.81. The summed E-state index contributed by atoms with van der Waals surface area (Å²) < 4.78 is 2.18. The third-order valence-corrected chi connectivity index (χ3v) is 4.52. The van der Waals surface area contributed by atoms with E-state index in [2.05, 4.69) is 22.1 Å². The van der Waals surface area contributed by atoms with Gasteiger partial charge in [0, 0.05) is 36.2 Å². The molecule has 6 nitrogen and oxygen atoms in total. The molecule has 0 bridgehead atoms. The first-order chi connectivity index (χ1) is 13.3. The highest BCUT2D eigenvalue weighted by atomic mass is 16.2. The Morgan fingerprint density at radius 2 is 1.89 bits per heavy atom. The van der Waals surface area contributed by atoms with Crippen LogP contribution in [0.4, 0.5) is 11.4 Å². The van der Waals surface area contributed by atoms with Crippen LogP contribution in [0.1, 0.15) is 42.8 Å². The predicted molar refractivity (Wildman–Crippen MR) is 112 cm³/mol. The molecule has 2 rings (SSSR count). The van der Waals surface area contributed by atoms with E-state index < -0.39 is 5.91 Å². The molecular weight excluding hydrogens is 352 g/mol. The van der Waals surface area contributed by atoms with Crippen molar-refractivity contribution in [3.05, 3.63) is 52.4 Å². The third-order valence-electron chi connectivity index (χ3n) is 4.52. The van der Waals surface area contributed by atoms with Gasteiger partial charge in [-0.25, -0.2) is 0 Å². The molecule has 0 aliphatic heterocycles. The van der Waals surface area contributed by atoms with Gasteiger partial charge in [0.1, 0.15) is 11.6 Å². The summed E-state index contributed by atoms with van der Waals surface area (Å²) in [6.07, 6.45) is 2.64. The van der Waals surface area contributed by atoms with Crippen molar-refractivity contribution in [2.24, 2.45) is 0 Å². The molecule has 0 fully saturated rings. The van der Waals surface area contributed by atoms with Crippen LogP contribution in [0.2, 0.25) is 0 Å². The highest BCUT2D eigenvalue weighted by Gasteiger charge is 2.13. The molecule has 0 unspecified atom stereocenters. The van der Waals surface area contributed by atoms with Crippen LogP contribution in [0.15, 0.2) is 29.8 Å². The Labute approximate surface area is 165 Å². The fourth-order valence-electron chi connectivity index (χ4n) is 3.12. The van der Waals surface area contributed by atoms with E-state index in [9.17, 15) is 14.9 Å². The van der Waals surface area contributed by atoms with Gasteiger partial charge in [-0.1, -0.05) is 6.92 Å². The monoisotopic (exact) mass is 378 g/mol. The lowest BCUT2D eigenvalue weighted by molar-refractivity contribution is -0.114. The van der Waals surface area contributed by atoms with Gasteiger partial charge in [0.15, 0.2) is 0 Å². The minimum Gasteiger partial charge on any atom is -0.349 e. The fourth-order valence-corrected chi connectivity index (χ4v) is 3.12. The van der Waals surface area contributed by atoms with E-state index in [-0.39, 0.29) is 11.5 Å². The summed E-state index contributed by atoms with van der Waals surface area (Å²) in [6, 6.07) is 9.15. The summed E-state index contributed by atoms with van der Waals surface area (Å²) in [7, 11) is 0. The first-order valence-electron chi connectivity index (χ1n) is 9.25. The van der Waals surface area contributed by atoms with Crippen LogP contribution in [0.25, 0.3) is 6.08 Å². The number of hydrogen-bond acceptors (Lipinski definition) is 3. The predicted octanol–water partition coefficient (Wildman–Crippen LogP) is 4.33. The first-order valence-corrected chi connectivity index (χ1v) is 9.25. The Balaban J connectivity index is 2.24. The van der Waals surface area contributed by atoms with Gasteiger partial charge in [0.05, 0.1) is 0 Å². The second kappa shape index (κ2) is 9.05. The van der Waals surface area contributed by atoms with Crippen LogP contribution in [-0.4, -0.2) is 16.4 Å². The van der Waals surface area contributed by atoms with E-state index in [0.717, 1.165) is 35.5 Å². The molecule has 6 heteroatoms. The summed E-state index contributed by atoms with van der Waals surface area (Å²) in [5, 5.41) is 14.9. The lowest BCUT2D eigenvalue weighted by atomic mass is 10.1. The van der Waals surface area contributed by atoms with Crippen molar-refractivity contribution in [1.29, 1.82) is 5.26 Å². The molecule has 0 saturated carbocycles. The highest BCUT2D eigenvalue weighted by molar-refractivity contribution is 6.10. The second-order valence-corrected chi connectivity index (χ2v) is 6.81. The van der Waals surface area contributed by atoms with Gasteiger partial charge < -0.3 is 15.2 Å². The number of rotatable bonds is 6. The summed E-state index contributed by atoms with van der Waals surface area (Å²) >= 11 is 0. The third kappa shape index (κ3) is 4.89. The van der Waals surface area contributed by atoms with Crippen molar-refractivity contribution in [2.75, 3.05) is 10.6 Å². The Hall–Kier alpha value is -3.33. The lowest BCUT2D eigenvalue weighted by Crippen LogP contribution is -2.14. The van der Waals surface area contributed by atoms with E-state index >= 15 is 0 Å².